The third-order valence-corrected chi connectivity index (χ3v) is 11.2. The largest absolute Gasteiger partial charge is 0.377 e. The average Bonchev–Trinajstić information content (AvgIpc) is 3.05. The van der Waals surface area contributed by atoms with Gasteiger partial charge in [0, 0.05) is 25.4 Å². The minimum absolute atomic E-state index is 0.181. The molecule has 0 heterocycles. The van der Waals surface area contributed by atoms with E-state index in [0.29, 0.717) is 17.6 Å². The molecule has 0 aromatic rings. The third-order valence-electron chi connectivity index (χ3n) is 11.2. The summed E-state index contributed by atoms with van der Waals surface area (Å²) in [6.45, 7) is 12.5. The van der Waals surface area contributed by atoms with Crippen molar-refractivity contribution in [2.45, 2.75) is 117 Å². The molecule has 4 aliphatic rings. The summed E-state index contributed by atoms with van der Waals surface area (Å²) in [6.07, 6.45) is 14.8. The highest BCUT2D eigenvalue weighted by molar-refractivity contribution is 5.81. The van der Waals surface area contributed by atoms with Gasteiger partial charge in [0.15, 0.2) is 0 Å². The molecule has 8 atom stereocenters. The Kier molecular flexibility index (Phi) is 6.23. The van der Waals surface area contributed by atoms with E-state index in [1.165, 1.54) is 51.4 Å². The van der Waals surface area contributed by atoms with E-state index in [2.05, 4.69) is 34.6 Å². The molecule has 0 aliphatic heterocycles. The van der Waals surface area contributed by atoms with Crippen LogP contribution in [0.25, 0.3) is 0 Å². The molecule has 2 nitrogen and oxygen atoms in total. The van der Waals surface area contributed by atoms with E-state index in [0.717, 1.165) is 54.8 Å². The van der Waals surface area contributed by atoms with Gasteiger partial charge in [-0.3, -0.25) is 4.79 Å². The molecule has 0 radical (unpaired) electrons. The molecule has 0 unspecified atom stereocenters. The van der Waals surface area contributed by atoms with Gasteiger partial charge in [0.2, 0.25) is 0 Å². The fourth-order valence-electron chi connectivity index (χ4n) is 9.45. The minimum Gasteiger partial charge on any atom is -0.377 e. The Hall–Kier alpha value is -0.370. The van der Waals surface area contributed by atoms with Gasteiger partial charge in [-0.1, -0.05) is 53.9 Å². The molecular formula is C28H48O2. The van der Waals surface area contributed by atoms with Crippen LogP contribution in [0.15, 0.2) is 0 Å². The summed E-state index contributed by atoms with van der Waals surface area (Å²) in [6, 6.07) is 0. The Morgan fingerprint density at radius 2 is 1.73 bits per heavy atom. The van der Waals surface area contributed by atoms with Gasteiger partial charge in [0.1, 0.15) is 5.78 Å². The van der Waals surface area contributed by atoms with Gasteiger partial charge in [-0.05, 0) is 85.9 Å². The van der Waals surface area contributed by atoms with Gasteiger partial charge in [0.25, 0.3) is 0 Å². The number of ether oxygens (including phenoxy) is 1. The van der Waals surface area contributed by atoms with E-state index in [1.807, 2.05) is 7.11 Å². The van der Waals surface area contributed by atoms with Gasteiger partial charge in [0.05, 0.1) is 5.60 Å². The zero-order valence-corrected chi connectivity index (χ0v) is 20.8. The highest BCUT2D eigenvalue weighted by Crippen LogP contribution is 2.69. The lowest BCUT2D eigenvalue weighted by molar-refractivity contribution is -0.216. The number of rotatable bonds is 6. The van der Waals surface area contributed by atoms with Gasteiger partial charge in [-0.2, -0.15) is 0 Å². The normalized spacial score (nSPS) is 47.0. The minimum atomic E-state index is -0.181. The maximum atomic E-state index is 12.4. The quantitative estimate of drug-likeness (QED) is 0.449. The molecule has 0 saturated heterocycles. The van der Waals surface area contributed by atoms with Crippen LogP contribution in [0.4, 0.5) is 0 Å². The number of hydrogen-bond acceptors (Lipinski definition) is 2. The van der Waals surface area contributed by atoms with Gasteiger partial charge in [-0.25, -0.2) is 0 Å². The molecule has 0 bridgehead atoms. The van der Waals surface area contributed by atoms with E-state index in [1.54, 1.807) is 0 Å². The van der Waals surface area contributed by atoms with Gasteiger partial charge in [-0.15, -0.1) is 0 Å². The maximum absolute atomic E-state index is 12.4. The average molecular weight is 417 g/mol. The van der Waals surface area contributed by atoms with E-state index >= 15 is 0 Å². The fraction of sp³-hybridized carbons (Fsp3) is 0.964. The molecule has 4 rings (SSSR count). The summed E-state index contributed by atoms with van der Waals surface area (Å²) in [7, 11) is 1.88. The standard InChI is InChI=1S/C28H48O2/c1-19(2)8-7-9-20(3)23-10-11-24-22-13-17-28(30-6)18-21(29)12-16-27(28,5)25(22)14-15-26(23,24)4/h19-20,22-25H,7-18H2,1-6H3/t20-,22+,23-,24+,25+,26-,27-,28-/m1/s1. The van der Waals surface area contributed by atoms with Crippen molar-refractivity contribution < 1.29 is 9.53 Å². The molecule has 0 aromatic carbocycles. The summed E-state index contributed by atoms with van der Waals surface area (Å²) in [5, 5.41) is 0. The third kappa shape index (κ3) is 3.43. The number of carbonyl (C=O) groups is 1. The van der Waals surface area contributed by atoms with Crippen LogP contribution in [0, 0.1) is 46.3 Å². The summed E-state index contributed by atoms with van der Waals surface area (Å²) in [5.41, 5.74) is 0.562. The van der Waals surface area contributed by atoms with Crippen molar-refractivity contribution in [1.82, 2.24) is 0 Å². The molecule has 172 valence electrons. The molecule has 0 N–H and O–H groups in total. The van der Waals surface area contributed by atoms with E-state index in [4.69, 9.17) is 4.74 Å². The number of methoxy groups -OCH3 is 1. The first kappa shape index (κ1) is 22.8. The lowest BCUT2D eigenvalue weighted by atomic mass is 9.43. The number of ketones is 1. The Bertz CT molecular complexity index is 641. The monoisotopic (exact) mass is 416 g/mol. The zero-order valence-electron chi connectivity index (χ0n) is 20.8. The van der Waals surface area contributed by atoms with Crippen LogP contribution in [-0.2, 0) is 9.53 Å². The predicted molar refractivity (Wildman–Crippen MR) is 124 cm³/mol. The smallest absolute Gasteiger partial charge is 0.135 e. The molecule has 4 fully saturated rings. The van der Waals surface area contributed by atoms with E-state index in [9.17, 15) is 4.79 Å². The molecule has 4 saturated carbocycles. The predicted octanol–water partition coefficient (Wildman–Crippen LogP) is 7.45. The van der Waals surface area contributed by atoms with Crippen molar-refractivity contribution in [3.8, 4) is 0 Å². The van der Waals surface area contributed by atoms with Crippen LogP contribution < -0.4 is 0 Å². The van der Waals surface area contributed by atoms with Crippen LogP contribution in [0.2, 0.25) is 0 Å². The molecule has 2 heteroatoms. The van der Waals surface area contributed by atoms with E-state index < -0.39 is 0 Å². The van der Waals surface area contributed by atoms with Crippen molar-refractivity contribution in [2.75, 3.05) is 7.11 Å². The zero-order chi connectivity index (χ0) is 21.7. The summed E-state index contributed by atoms with van der Waals surface area (Å²) in [5.74, 6) is 5.59. The Labute approximate surface area is 186 Å². The first-order valence-corrected chi connectivity index (χ1v) is 13.2. The van der Waals surface area contributed by atoms with Crippen molar-refractivity contribution in [1.29, 1.82) is 0 Å². The van der Waals surface area contributed by atoms with Gasteiger partial charge < -0.3 is 4.74 Å². The van der Waals surface area contributed by atoms with E-state index in [-0.39, 0.29) is 11.0 Å². The molecular weight excluding hydrogens is 368 g/mol. The molecule has 30 heavy (non-hydrogen) atoms. The maximum Gasteiger partial charge on any atom is 0.135 e. The van der Waals surface area contributed by atoms with Crippen LogP contribution in [0.5, 0.6) is 0 Å². The molecule has 0 spiro atoms. The van der Waals surface area contributed by atoms with Crippen molar-refractivity contribution in [3.05, 3.63) is 0 Å². The molecule has 4 aliphatic carbocycles. The number of carbonyl (C=O) groups excluding carboxylic acids is 1. The first-order valence-electron chi connectivity index (χ1n) is 13.2. The second-order valence-electron chi connectivity index (χ2n) is 12.8. The summed E-state index contributed by atoms with van der Waals surface area (Å²) >= 11 is 0. The number of Topliss-reactive ketones (excluding diaryl/α,β-unsaturated/α-hetero) is 1. The van der Waals surface area contributed by atoms with Crippen LogP contribution >= 0.6 is 0 Å². The highest BCUT2D eigenvalue weighted by atomic mass is 16.5. The second-order valence-corrected chi connectivity index (χ2v) is 12.8. The Balaban J connectivity index is 1.52. The first-order chi connectivity index (χ1) is 14.2. The van der Waals surface area contributed by atoms with Crippen molar-refractivity contribution in [3.63, 3.8) is 0 Å². The number of hydrogen-bond donors (Lipinski definition) is 0. The Morgan fingerprint density at radius 1 is 0.967 bits per heavy atom. The topological polar surface area (TPSA) is 26.3 Å². The summed E-state index contributed by atoms with van der Waals surface area (Å²) < 4.78 is 6.24. The van der Waals surface area contributed by atoms with Crippen LogP contribution in [0.1, 0.15) is 112 Å². The van der Waals surface area contributed by atoms with Gasteiger partial charge >= 0.3 is 0 Å². The molecule has 0 amide bonds. The highest BCUT2D eigenvalue weighted by Gasteiger charge is 2.65. The summed E-state index contributed by atoms with van der Waals surface area (Å²) in [4.78, 5) is 12.4. The Morgan fingerprint density at radius 3 is 2.43 bits per heavy atom. The number of fused-ring (bicyclic) bond motifs is 5. The second kappa shape index (κ2) is 8.20. The lowest BCUT2D eigenvalue weighted by Crippen LogP contribution is -2.63. The van der Waals surface area contributed by atoms with Crippen molar-refractivity contribution in [2.24, 2.45) is 46.3 Å². The van der Waals surface area contributed by atoms with Crippen molar-refractivity contribution >= 4 is 5.78 Å². The van der Waals surface area contributed by atoms with Crippen LogP contribution in [0.3, 0.4) is 0 Å². The van der Waals surface area contributed by atoms with Crippen LogP contribution in [-0.4, -0.2) is 18.5 Å². The molecule has 0 aromatic heterocycles. The fourth-order valence-corrected chi connectivity index (χ4v) is 9.45. The SMILES string of the molecule is CO[C@@]12CC[C@H]3[C@@H]4CC[C@H]([C@H](C)CCCC(C)C)[C@@]4(C)CC[C@@H]3[C@@]1(C)CCC(=O)C2. The lowest BCUT2D eigenvalue weighted by Gasteiger charge is -2.64.